The first kappa shape index (κ1) is 13.6. The molecular formula is C13H25PS2. The second-order valence-electron chi connectivity index (χ2n) is 6.33. The van der Waals surface area contributed by atoms with Crippen molar-refractivity contribution < 1.29 is 0 Å². The van der Waals surface area contributed by atoms with Crippen molar-refractivity contribution in [3.63, 3.8) is 0 Å². The van der Waals surface area contributed by atoms with Gasteiger partial charge in [0, 0.05) is 11.5 Å². The molecule has 2 heterocycles. The molecule has 2 aliphatic rings. The van der Waals surface area contributed by atoms with E-state index in [-0.39, 0.29) is 7.92 Å². The first-order valence-corrected chi connectivity index (χ1v) is 9.87. The second-order valence-corrected chi connectivity index (χ2v) is 13.5. The van der Waals surface area contributed by atoms with E-state index in [1.807, 2.05) is 0 Å². The zero-order valence-electron chi connectivity index (χ0n) is 11.3. The van der Waals surface area contributed by atoms with Gasteiger partial charge in [-0.05, 0) is 29.3 Å². The van der Waals surface area contributed by atoms with Crippen LogP contribution in [0.25, 0.3) is 0 Å². The quantitative estimate of drug-likeness (QED) is 0.617. The lowest BCUT2D eigenvalue weighted by Gasteiger charge is -2.56. The molecule has 94 valence electrons. The third kappa shape index (κ3) is 2.31. The Labute approximate surface area is 111 Å². The summed E-state index contributed by atoms with van der Waals surface area (Å²) >= 11 is 4.51. The minimum Gasteiger partial charge on any atom is -0.143 e. The van der Waals surface area contributed by atoms with Gasteiger partial charge in [0.15, 0.2) is 0 Å². The molecule has 0 aromatic rings. The lowest BCUT2D eigenvalue weighted by atomic mass is 9.96. The van der Waals surface area contributed by atoms with Gasteiger partial charge in [-0.1, -0.05) is 42.5 Å². The normalized spacial score (nSPS) is 32.1. The molecule has 0 saturated carbocycles. The molecule has 0 radical (unpaired) electrons. The van der Waals surface area contributed by atoms with Crippen LogP contribution in [-0.4, -0.2) is 32.1 Å². The number of thioether (sulfide) groups is 2. The molecule has 0 unspecified atom stereocenters. The van der Waals surface area contributed by atoms with Gasteiger partial charge in [0.25, 0.3) is 0 Å². The molecule has 1 spiro atoms. The largest absolute Gasteiger partial charge is 0.143 e. The van der Waals surface area contributed by atoms with Gasteiger partial charge < -0.3 is 0 Å². The Morgan fingerprint density at radius 3 is 1.75 bits per heavy atom. The molecule has 16 heavy (non-hydrogen) atoms. The summed E-state index contributed by atoms with van der Waals surface area (Å²) in [6, 6.07) is 0. The Morgan fingerprint density at radius 2 is 1.38 bits per heavy atom. The van der Waals surface area contributed by atoms with E-state index in [2.05, 4.69) is 58.1 Å². The van der Waals surface area contributed by atoms with Crippen LogP contribution >= 0.6 is 31.4 Å². The highest BCUT2D eigenvalue weighted by molar-refractivity contribution is 8.21. The van der Waals surface area contributed by atoms with Gasteiger partial charge in [-0.3, -0.25) is 0 Å². The van der Waals surface area contributed by atoms with Crippen molar-refractivity contribution in [2.24, 2.45) is 0 Å². The highest BCUT2D eigenvalue weighted by Gasteiger charge is 2.54. The fourth-order valence-corrected chi connectivity index (χ4v) is 12.7. The fraction of sp³-hybridized carbons (Fsp3) is 1.00. The molecule has 2 rings (SSSR count). The SMILES string of the molecule is CCP1C(C)(C)CC2(CC1(C)C)SCCS2. The van der Waals surface area contributed by atoms with Crippen molar-refractivity contribution in [1.82, 2.24) is 0 Å². The van der Waals surface area contributed by atoms with Crippen molar-refractivity contribution in [2.45, 2.75) is 61.9 Å². The minimum atomic E-state index is 0.175. The predicted molar refractivity (Wildman–Crippen MR) is 82.5 cm³/mol. The van der Waals surface area contributed by atoms with Gasteiger partial charge in [-0.2, -0.15) is 0 Å². The number of hydrogen-bond acceptors (Lipinski definition) is 2. The molecule has 0 atom stereocenters. The topological polar surface area (TPSA) is 0 Å². The highest BCUT2D eigenvalue weighted by atomic mass is 32.2. The van der Waals surface area contributed by atoms with Crippen molar-refractivity contribution in [3.05, 3.63) is 0 Å². The van der Waals surface area contributed by atoms with Crippen LogP contribution in [0.3, 0.4) is 0 Å². The van der Waals surface area contributed by atoms with Crippen molar-refractivity contribution in [3.8, 4) is 0 Å². The zero-order chi connectivity index (χ0) is 12.0. The van der Waals surface area contributed by atoms with Gasteiger partial charge in [0.05, 0.1) is 4.08 Å². The molecular weight excluding hydrogens is 251 g/mol. The molecule has 0 N–H and O–H groups in total. The summed E-state index contributed by atoms with van der Waals surface area (Å²) in [5.41, 5.74) is 0. The van der Waals surface area contributed by atoms with Crippen molar-refractivity contribution >= 4 is 31.4 Å². The van der Waals surface area contributed by atoms with E-state index < -0.39 is 0 Å². The van der Waals surface area contributed by atoms with Gasteiger partial charge in [0.2, 0.25) is 0 Å². The van der Waals surface area contributed by atoms with Crippen LogP contribution in [0.5, 0.6) is 0 Å². The van der Waals surface area contributed by atoms with Crippen LogP contribution in [0, 0.1) is 0 Å². The monoisotopic (exact) mass is 276 g/mol. The molecule has 0 aromatic carbocycles. The van der Waals surface area contributed by atoms with E-state index in [1.165, 1.54) is 30.5 Å². The molecule has 2 fully saturated rings. The van der Waals surface area contributed by atoms with Gasteiger partial charge in [0.1, 0.15) is 0 Å². The lowest BCUT2D eigenvalue weighted by molar-refractivity contribution is 0.456. The minimum absolute atomic E-state index is 0.175. The maximum absolute atomic E-state index is 2.53. The Balaban J connectivity index is 2.27. The molecule has 0 nitrogen and oxygen atoms in total. The molecule has 0 aliphatic carbocycles. The third-order valence-corrected chi connectivity index (χ3v) is 11.3. The summed E-state index contributed by atoms with van der Waals surface area (Å²) in [4.78, 5) is 0. The number of rotatable bonds is 1. The van der Waals surface area contributed by atoms with Crippen LogP contribution in [0.4, 0.5) is 0 Å². The summed E-state index contributed by atoms with van der Waals surface area (Å²) in [6.45, 7) is 12.5. The van der Waals surface area contributed by atoms with Crippen molar-refractivity contribution in [2.75, 3.05) is 17.7 Å². The Kier molecular flexibility index (Phi) is 3.69. The Bertz CT molecular complexity index is 247. The van der Waals surface area contributed by atoms with Gasteiger partial charge in [-0.15, -0.1) is 23.5 Å². The Hall–Kier alpha value is 1.13. The second kappa shape index (κ2) is 4.35. The predicted octanol–water partition coefficient (Wildman–Crippen LogP) is 5.02. The van der Waals surface area contributed by atoms with Crippen molar-refractivity contribution in [1.29, 1.82) is 0 Å². The van der Waals surface area contributed by atoms with E-state index in [0.717, 1.165) is 0 Å². The molecule has 3 heteroatoms. The summed E-state index contributed by atoms with van der Waals surface area (Å²) in [5.74, 6) is 2.75. The smallest absolute Gasteiger partial charge is 0.0628 e. The Morgan fingerprint density at radius 1 is 0.938 bits per heavy atom. The van der Waals surface area contributed by atoms with E-state index in [0.29, 0.717) is 14.4 Å². The first-order valence-electron chi connectivity index (χ1n) is 6.37. The summed E-state index contributed by atoms with van der Waals surface area (Å²) in [6.07, 6.45) is 4.29. The molecule has 2 aliphatic heterocycles. The van der Waals surface area contributed by atoms with Gasteiger partial charge in [-0.25, -0.2) is 0 Å². The average Bonchev–Trinajstić information content (AvgIpc) is 2.48. The van der Waals surface area contributed by atoms with Crippen LogP contribution in [0.2, 0.25) is 0 Å². The standard InChI is InChI=1S/C13H25PS2/c1-6-14-11(2,3)9-13(10-12(14,4)5)15-7-8-16-13/h6-10H2,1-5H3. The summed E-state index contributed by atoms with van der Waals surface area (Å²) in [5, 5.41) is 1.16. The number of hydrogen-bond donors (Lipinski definition) is 0. The van der Waals surface area contributed by atoms with E-state index in [4.69, 9.17) is 0 Å². The van der Waals surface area contributed by atoms with E-state index >= 15 is 0 Å². The molecule has 0 aromatic heterocycles. The highest BCUT2D eigenvalue weighted by Crippen LogP contribution is 2.72. The molecule has 0 bridgehead atoms. The van der Waals surface area contributed by atoms with Crippen LogP contribution in [-0.2, 0) is 0 Å². The average molecular weight is 276 g/mol. The zero-order valence-corrected chi connectivity index (χ0v) is 13.8. The summed E-state index contributed by atoms with van der Waals surface area (Å²) < 4.78 is 0.570. The van der Waals surface area contributed by atoms with Gasteiger partial charge >= 0.3 is 0 Å². The third-order valence-electron chi connectivity index (χ3n) is 4.00. The molecule has 0 amide bonds. The summed E-state index contributed by atoms with van der Waals surface area (Å²) in [7, 11) is 0.175. The molecule has 2 saturated heterocycles. The van der Waals surface area contributed by atoms with Crippen LogP contribution < -0.4 is 0 Å². The lowest BCUT2D eigenvalue weighted by Crippen LogP contribution is -2.46. The maximum Gasteiger partial charge on any atom is 0.0628 e. The maximum atomic E-state index is 2.53. The van der Waals surface area contributed by atoms with Crippen LogP contribution in [0.15, 0.2) is 0 Å². The van der Waals surface area contributed by atoms with E-state index in [1.54, 1.807) is 0 Å². The first-order chi connectivity index (χ1) is 7.31. The fourth-order valence-electron chi connectivity index (χ4n) is 3.95. The van der Waals surface area contributed by atoms with Crippen LogP contribution in [0.1, 0.15) is 47.5 Å². The van der Waals surface area contributed by atoms with E-state index in [9.17, 15) is 0 Å².